The van der Waals surface area contributed by atoms with Gasteiger partial charge in [0.1, 0.15) is 16.5 Å². The molecule has 2 aromatic rings. The molecule has 3 N–H and O–H groups in total. The van der Waals surface area contributed by atoms with Crippen molar-refractivity contribution in [1.29, 1.82) is 0 Å². The van der Waals surface area contributed by atoms with Crippen LogP contribution in [-0.4, -0.2) is 11.0 Å². The summed E-state index contributed by atoms with van der Waals surface area (Å²) in [7, 11) is 0. The van der Waals surface area contributed by atoms with Gasteiger partial charge in [-0.3, -0.25) is 0 Å². The summed E-state index contributed by atoms with van der Waals surface area (Å²) in [5.41, 5.74) is 5.95. The monoisotopic (exact) mass is 330 g/mol. The lowest BCUT2D eigenvalue weighted by Gasteiger charge is -2.10. The normalized spacial score (nSPS) is 11.4. The van der Waals surface area contributed by atoms with E-state index in [0.29, 0.717) is 32.1 Å². The van der Waals surface area contributed by atoms with Crippen LogP contribution in [0.3, 0.4) is 0 Å². The van der Waals surface area contributed by atoms with Gasteiger partial charge in [0, 0.05) is 5.56 Å². The molecule has 0 bridgehead atoms. The van der Waals surface area contributed by atoms with Gasteiger partial charge in [-0.1, -0.05) is 46.0 Å². The minimum atomic E-state index is -0.0424. The quantitative estimate of drug-likeness (QED) is 0.376. The Kier molecular flexibility index (Phi) is 4.60. The summed E-state index contributed by atoms with van der Waals surface area (Å²) in [5.74, 6) is 0.724. The number of halogens is 3. The first kappa shape index (κ1) is 14.8. The number of amidine groups is 1. The second-order valence-corrected chi connectivity index (χ2v) is 4.98. The smallest absolute Gasteiger partial charge is 0.170 e. The molecule has 0 saturated heterocycles. The summed E-state index contributed by atoms with van der Waals surface area (Å²) >= 11 is 18.0. The molecule has 0 aliphatic heterocycles. The first-order valence-electron chi connectivity index (χ1n) is 5.42. The molecule has 0 fully saturated rings. The number of hydrogen-bond donors (Lipinski definition) is 2. The minimum absolute atomic E-state index is 0.0424. The van der Waals surface area contributed by atoms with E-state index >= 15 is 0 Å². The maximum atomic E-state index is 8.61. The standard InChI is InChI=1S/C13H9Cl3N2O2/c14-8-2-1-3-11(12(8)16)20-10-5-4-7(6-9(10)15)13(17)18-19/h1-6,19H,(H2,17,18). The van der Waals surface area contributed by atoms with E-state index in [2.05, 4.69) is 5.16 Å². The van der Waals surface area contributed by atoms with Crippen LogP contribution in [0.15, 0.2) is 41.6 Å². The van der Waals surface area contributed by atoms with Crippen LogP contribution in [0.4, 0.5) is 0 Å². The van der Waals surface area contributed by atoms with Crippen molar-refractivity contribution in [3.05, 3.63) is 57.0 Å². The highest BCUT2D eigenvalue weighted by atomic mass is 35.5. The highest BCUT2D eigenvalue weighted by molar-refractivity contribution is 6.43. The highest BCUT2D eigenvalue weighted by Crippen LogP contribution is 2.37. The molecule has 0 radical (unpaired) electrons. The molecule has 0 unspecified atom stereocenters. The van der Waals surface area contributed by atoms with E-state index in [9.17, 15) is 0 Å². The second kappa shape index (κ2) is 6.22. The van der Waals surface area contributed by atoms with Crippen LogP contribution in [0.5, 0.6) is 11.5 Å². The number of benzene rings is 2. The third kappa shape index (κ3) is 3.10. The van der Waals surface area contributed by atoms with Crippen molar-refractivity contribution >= 4 is 40.6 Å². The van der Waals surface area contributed by atoms with E-state index in [1.165, 1.54) is 6.07 Å². The molecular formula is C13H9Cl3N2O2. The Morgan fingerprint density at radius 1 is 1.05 bits per heavy atom. The first-order chi connectivity index (χ1) is 9.52. The number of nitrogens with two attached hydrogens (primary N) is 1. The predicted octanol–water partition coefficient (Wildman–Crippen LogP) is 4.53. The second-order valence-electron chi connectivity index (χ2n) is 3.78. The van der Waals surface area contributed by atoms with Gasteiger partial charge in [0.05, 0.1) is 10.0 Å². The van der Waals surface area contributed by atoms with Gasteiger partial charge in [-0.25, -0.2) is 0 Å². The molecule has 104 valence electrons. The molecular weight excluding hydrogens is 323 g/mol. The van der Waals surface area contributed by atoms with Crippen LogP contribution in [0.1, 0.15) is 5.56 Å². The number of ether oxygens (including phenoxy) is 1. The molecule has 0 saturated carbocycles. The summed E-state index contributed by atoms with van der Waals surface area (Å²) in [4.78, 5) is 0. The summed E-state index contributed by atoms with van der Waals surface area (Å²) in [6, 6.07) is 9.75. The SMILES string of the molecule is NC(=NO)c1ccc(Oc2cccc(Cl)c2Cl)c(Cl)c1. The van der Waals surface area contributed by atoms with Crippen molar-refractivity contribution < 1.29 is 9.94 Å². The Hall–Kier alpha value is -1.62. The van der Waals surface area contributed by atoms with E-state index in [-0.39, 0.29) is 5.84 Å². The molecule has 0 aliphatic carbocycles. The molecule has 0 aliphatic rings. The first-order valence-corrected chi connectivity index (χ1v) is 6.55. The predicted molar refractivity (Wildman–Crippen MR) is 80.5 cm³/mol. The van der Waals surface area contributed by atoms with Crippen molar-refractivity contribution in [2.24, 2.45) is 10.9 Å². The summed E-state index contributed by atoms with van der Waals surface area (Å²) in [5, 5.41) is 12.5. The van der Waals surface area contributed by atoms with Crippen molar-refractivity contribution in [2.45, 2.75) is 0 Å². The molecule has 4 nitrogen and oxygen atoms in total. The maximum Gasteiger partial charge on any atom is 0.170 e. The summed E-state index contributed by atoms with van der Waals surface area (Å²) in [6.07, 6.45) is 0. The van der Waals surface area contributed by atoms with Crippen LogP contribution in [0.25, 0.3) is 0 Å². The third-order valence-electron chi connectivity index (χ3n) is 2.47. The molecule has 7 heteroatoms. The Morgan fingerprint density at radius 2 is 1.80 bits per heavy atom. The Labute approximate surface area is 130 Å². The maximum absolute atomic E-state index is 8.61. The van der Waals surface area contributed by atoms with E-state index in [0.717, 1.165) is 0 Å². The fourth-order valence-corrected chi connectivity index (χ4v) is 2.03. The van der Waals surface area contributed by atoms with Gasteiger partial charge in [0.2, 0.25) is 0 Å². The van der Waals surface area contributed by atoms with Gasteiger partial charge in [0.15, 0.2) is 5.84 Å². The Bertz CT molecular complexity index is 675. The highest BCUT2D eigenvalue weighted by Gasteiger charge is 2.10. The van der Waals surface area contributed by atoms with Crippen LogP contribution in [-0.2, 0) is 0 Å². The average Bonchev–Trinajstić information content (AvgIpc) is 2.45. The molecule has 2 rings (SSSR count). The lowest BCUT2D eigenvalue weighted by Crippen LogP contribution is -2.12. The van der Waals surface area contributed by atoms with Gasteiger partial charge >= 0.3 is 0 Å². The van der Waals surface area contributed by atoms with Crippen LogP contribution in [0, 0.1) is 0 Å². The Balaban J connectivity index is 2.33. The van der Waals surface area contributed by atoms with Gasteiger partial charge in [-0.05, 0) is 30.3 Å². The van der Waals surface area contributed by atoms with Crippen molar-refractivity contribution in [3.63, 3.8) is 0 Å². The lowest BCUT2D eigenvalue weighted by atomic mass is 10.2. The minimum Gasteiger partial charge on any atom is -0.454 e. The number of oxime groups is 1. The van der Waals surface area contributed by atoms with Crippen LogP contribution in [0.2, 0.25) is 15.1 Å². The molecule has 0 spiro atoms. The fraction of sp³-hybridized carbons (Fsp3) is 0. The van der Waals surface area contributed by atoms with Gasteiger partial charge in [0.25, 0.3) is 0 Å². The fourth-order valence-electron chi connectivity index (χ4n) is 1.48. The number of hydrogen-bond acceptors (Lipinski definition) is 3. The molecule has 0 heterocycles. The van der Waals surface area contributed by atoms with Crippen molar-refractivity contribution in [1.82, 2.24) is 0 Å². The number of rotatable bonds is 3. The van der Waals surface area contributed by atoms with Crippen molar-refractivity contribution in [3.8, 4) is 11.5 Å². The third-order valence-corrected chi connectivity index (χ3v) is 3.57. The van der Waals surface area contributed by atoms with Gasteiger partial charge < -0.3 is 15.7 Å². The molecule has 0 aromatic heterocycles. The van der Waals surface area contributed by atoms with Crippen molar-refractivity contribution in [2.75, 3.05) is 0 Å². The van der Waals surface area contributed by atoms with Crippen LogP contribution < -0.4 is 10.5 Å². The summed E-state index contributed by atoms with van der Waals surface area (Å²) in [6.45, 7) is 0. The largest absolute Gasteiger partial charge is 0.454 e. The van der Waals surface area contributed by atoms with Gasteiger partial charge in [-0.15, -0.1) is 0 Å². The zero-order valence-corrected chi connectivity index (χ0v) is 12.2. The van der Waals surface area contributed by atoms with E-state index < -0.39 is 0 Å². The van der Waals surface area contributed by atoms with E-state index in [1.807, 2.05) is 0 Å². The molecule has 0 amide bonds. The summed E-state index contributed by atoms with van der Waals surface area (Å²) < 4.78 is 5.60. The zero-order valence-electron chi connectivity index (χ0n) is 9.98. The molecule has 0 atom stereocenters. The topological polar surface area (TPSA) is 67.8 Å². The number of nitrogens with zero attached hydrogens (tertiary/aromatic N) is 1. The average molecular weight is 332 g/mol. The Morgan fingerprint density at radius 3 is 2.45 bits per heavy atom. The van der Waals surface area contributed by atoms with Gasteiger partial charge in [-0.2, -0.15) is 0 Å². The van der Waals surface area contributed by atoms with E-state index in [4.69, 9.17) is 50.5 Å². The lowest BCUT2D eigenvalue weighted by molar-refractivity contribution is 0.318. The van der Waals surface area contributed by atoms with Crippen LogP contribution >= 0.6 is 34.8 Å². The van der Waals surface area contributed by atoms with E-state index in [1.54, 1.807) is 30.3 Å². The molecule has 2 aromatic carbocycles. The zero-order chi connectivity index (χ0) is 14.7. The molecule has 20 heavy (non-hydrogen) atoms.